The molecule has 0 spiro atoms. The van der Waals surface area contributed by atoms with Gasteiger partial charge in [-0.05, 0) is 18.6 Å². The quantitative estimate of drug-likeness (QED) is 0.652. The van der Waals surface area contributed by atoms with Crippen LogP contribution in [0.25, 0.3) is 0 Å². The van der Waals surface area contributed by atoms with Crippen LogP contribution in [0.4, 0.5) is 11.4 Å². The van der Waals surface area contributed by atoms with E-state index in [1.165, 1.54) is 12.1 Å². The maximum Gasteiger partial charge on any atom is 0.335 e. The molecule has 1 aromatic rings. The molecule has 0 bridgehead atoms. The maximum absolute atomic E-state index is 11.1. The summed E-state index contributed by atoms with van der Waals surface area (Å²) in [5.41, 5.74) is 0.231. The number of nitro groups is 1. The van der Waals surface area contributed by atoms with Gasteiger partial charge in [0.1, 0.15) is 5.69 Å². The number of hydrogen-bond donors (Lipinski definition) is 1. The van der Waals surface area contributed by atoms with Crippen molar-refractivity contribution in [1.82, 2.24) is 0 Å². The number of methoxy groups -OCH3 is 1. The molecule has 1 aliphatic heterocycles. The summed E-state index contributed by atoms with van der Waals surface area (Å²) in [5.74, 6) is -0.822. The van der Waals surface area contributed by atoms with Crippen LogP contribution in [0.2, 0.25) is 0 Å². The van der Waals surface area contributed by atoms with Crippen molar-refractivity contribution < 1.29 is 19.6 Å². The maximum atomic E-state index is 11.1. The number of hydrogen-bond acceptors (Lipinski definition) is 5. The van der Waals surface area contributed by atoms with Gasteiger partial charge >= 0.3 is 5.97 Å². The Morgan fingerprint density at radius 1 is 1.60 bits per heavy atom. The number of nitrogens with zero attached hydrogens (tertiary/aromatic N) is 2. The Kier molecular flexibility index (Phi) is 4.19. The van der Waals surface area contributed by atoms with Crippen molar-refractivity contribution in [3.05, 3.63) is 33.9 Å². The van der Waals surface area contributed by atoms with Crippen molar-refractivity contribution in [3.8, 4) is 0 Å². The molecule has 1 fully saturated rings. The third kappa shape index (κ3) is 2.88. The number of carbonyl (C=O) groups is 1. The normalized spacial score (nSPS) is 18.2. The molecule has 108 valence electrons. The van der Waals surface area contributed by atoms with E-state index in [-0.39, 0.29) is 11.3 Å². The van der Waals surface area contributed by atoms with Gasteiger partial charge in [0.25, 0.3) is 5.69 Å². The van der Waals surface area contributed by atoms with E-state index in [0.29, 0.717) is 31.3 Å². The number of carboxylic acids is 1. The molecule has 20 heavy (non-hydrogen) atoms. The average molecular weight is 280 g/mol. The largest absolute Gasteiger partial charge is 0.478 e. The molecular weight excluding hydrogens is 264 g/mol. The molecule has 1 aliphatic rings. The average Bonchev–Trinajstić information content (AvgIpc) is 2.86. The monoisotopic (exact) mass is 280 g/mol. The Morgan fingerprint density at radius 3 is 2.95 bits per heavy atom. The summed E-state index contributed by atoms with van der Waals surface area (Å²) in [7, 11) is 1.63. The summed E-state index contributed by atoms with van der Waals surface area (Å²) in [5, 5.41) is 20.0. The molecule has 0 aromatic heterocycles. The summed E-state index contributed by atoms with van der Waals surface area (Å²) in [6, 6.07) is 4.02. The zero-order valence-electron chi connectivity index (χ0n) is 11.1. The number of rotatable bonds is 5. The first-order valence-electron chi connectivity index (χ1n) is 6.28. The third-order valence-electron chi connectivity index (χ3n) is 3.45. The standard InChI is InChI=1S/C13H16N2O5/c1-20-8-9-4-5-14(7-9)11-3-2-10(13(16)17)6-12(11)15(18)19/h2-3,6,9H,4-5,7-8H2,1H3,(H,16,17). The lowest BCUT2D eigenvalue weighted by Gasteiger charge is -2.18. The number of anilines is 1. The number of benzene rings is 1. The van der Waals surface area contributed by atoms with Crippen LogP contribution in [-0.4, -0.2) is 42.8 Å². The Morgan fingerprint density at radius 2 is 2.35 bits per heavy atom. The highest BCUT2D eigenvalue weighted by Crippen LogP contribution is 2.33. The Labute approximate surface area is 115 Å². The van der Waals surface area contributed by atoms with Gasteiger partial charge < -0.3 is 14.7 Å². The molecule has 2 rings (SSSR count). The van der Waals surface area contributed by atoms with Crippen LogP contribution in [0.1, 0.15) is 16.8 Å². The second-order valence-corrected chi connectivity index (χ2v) is 4.82. The lowest BCUT2D eigenvalue weighted by Crippen LogP contribution is -2.22. The molecule has 0 aliphatic carbocycles. The molecule has 0 amide bonds. The minimum Gasteiger partial charge on any atom is -0.478 e. The van der Waals surface area contributed by atoms with Gasteiger partial charge in [-0.1, -0.05) is 0 Å². The van der Waals surface area contributed by atoms with Gasteiger partial charge in [-0.25, -0.2) is 4.79 Å². The van der Waals surface area contributed by atoms with E-state index in [9.17, 15) is 14.9 Å². The Hall–Kier alpha value is -2.15. The summed E-state index contributed by atoms with van der Waals surface area (Å²) in [6.07, 6.45) is 0.908. The first-order valence-corrected chi connectivity index (χ1v) is 6.28. The number of carboxylic acid groups (broad SMARTS) is 1. The number of aromatic carboxylic acids is 1. The molecule has 1 aromatic carbocycles. The lowest BCUT2D eigenvalue weighted by molar-refractivity contribution is -0.384. The molecule has 1 N–H and O–H groups in total. The molecule has 0 radical (unpaired) electrons. The van der Waals surface area contributed by atoms with E-state index in [4.69, 9.17) is 9.84 Å². The summed E-state index contributed by atoms with van der Waals surface area (Å²) >= 11 is 0. The predicted octanol–water partition coefficient (Wildman–Crippen LogP) is 1.77. The van der Waals surface area contributed by atoms with Crippen LogP contribution in [0.5, 0.6) is 0 Å². The lowest BCUT2D eigenvalue weighted by atomic mass is 10.1. The van der Waals surface area contributed by atoms with Crippen molar-refractivity contribution >= 4 is 17.3 Å². The summed E-state index contributed by atoms with van der Waals surface area (Å²) < 4.78 is 5.10. The van der Waals surface area contributed by atoms with Crippen molar-refractivity contribution in [3.63, 3.8) is 0 Å². The fourth-order valence-corrected chi connectivity index (χ4v) is 2.49. The van der Waals surface area contributed by atoms with Crippen LogP contribution in [0, 0.1) is 16.0 Å². The van der Waals surface area contributed by atoms with Gasteiger partial charge in [0.05, 0.1) is 17.1 Å². The fraction of sp³-hybridized carbons (Fsp3) is 0.462. The van der Waals surface area contributed by atoms with Crippen LogP contribution >= 0.6 is 0 Å². The first-order chi connectivity index (χ1) is 9.52. The smallest absolute Gasteiger partial charge is 0.335 e. The van der Waals surface area contributed by atoms with Crippen LogP contribution in [0.3, 0.4) is 0 Å². The van der Waals surface area contributed by atoms with Gasteiger partial charge in [0.2, 0.25) is 0 Å². The zero-order chi connectivity index (χ0) is 14.7. The fourth-order valence-electron chi connectivity index (χ4n) is 2.49. The van der Waals surface area contributed by atoms with Gasteiger partial charge in [0.15, 0.2) is 0 Å². The Balaban J connectivity index is 2.28. The van der Waals surface area contributed by atoms with Gasteiger partial charge in [-0.15, -0.1) is 0 Å². The molecule has 1 atom stereocenters. The van der Waals surface area contributed by atoms with Crippen molar-refractivity contribution in [2.24, 2.45) is 5.92 Å². The van der Waals surface area contributed by atoms with Crippen molar-refractivity contribution in [2.75, 3.05) is 31.7 Å². The number of nitro benzene ring substituents is 1. The van der Waals surface area contributed by atoms with Gasteiger partial charge in [-0.3, -0.25) is 10.1 Å². The summed E-state index contributed by atoms with van der Waals surface area (Å²) in [6.45, 7) is 2.01. The topological polar surface area (TPSA) is 92.9 Å². The van der Waals surface area contributed by atoms with Crippen LogP contribution in [0.15, 0.2) is 18.2 Å². The van der Waals surface area contributed by atoms with Crippen LogP contribution in [-0.2, 0) is 4.74 Å². The molecule has 1 heterocycles. The molecular formula is C13H16N2O5. The highest BCUT2D eigenvalue weighted by atomic mass is 16.6. The summed E-state index contributed by atoms with van der Waals surface area (Å²) in [4.78, 5) is 23.4. The van der Waals surface area contributed by atoms with Crippen molar-refractivity contribution in [2.45, 2.75) is 6.42 Å². The van der Waals surface area contributed by atoms with Gasteiger partial charge in [-0.2, -0.15) is 0 Å². The van der Waals surface area contributed by atoms with E-state index in [2.05, 4.69) is 0 Å². The predicted molar refractivity (Wildman–Crippen MR) is 72.3 cm³/mol. The molecule has 0 saturated carbocycles. The molecule has 7 heteroatoms. The molecule has 1 unspecified atom stereocenters. The minimum atomic E-state index is -1.17. The SMILES string of the molecule is COCC1CCN(c2ccc(C(=O)O)cc2[N+](=O)[O-])C1. The first kappa shape index (κ1) is 14.3. The van der Waals surface area contributed by atoms with Crippen LogP contribution < -0.4 is 4.90 Å². The van der Waals surface area contributed by atoms with E-state index in [0.717, 1.165) is 12.5 Å². The van der Waals surface area contributed by atoms with E-state index in [1.54, 1.807) is 7.11 Å². The molecule has 7 nitrogen and oxygen atoms in total. The highest BCUT2D eigenvalue weighted by molar-refractivity contribution is 5.89. The Bertz CT molecular complexity index is 531. The zero-order valence-corrected chi connectivity index (χ0v) is 11.1. The second kappa shape index (κ2) is 5.87. The highest BCUT2D eigenvalue weighted by Gasteiger charge is 2.28. The van der Waals surface area contributed by atoms with Crippen molar-refractivity contribution in [1.29, 1.82) is 0 Å². The molecule has 1 saturated heterocycles. The van der Waals surface area contributed by atoms with E-state index >= 15 is 0 Å². The third-order valence-corrected chi connectivity index (χ3v) is 3.45. The van der Waals surface area contributed by atoms with Gasteiger partial charge in [0, 0.05) is 32.2 Å². The number of ether oxygens (including phenoxy) is 1. The second-order valence-electron chi connectivity index (χ2n) is 4.82. The van der Waals surface area contributed by atoms with E-state index in [1.807, 2.05) is 4.90 Å². The minimum absolute atomic E-state index is 0.0758. The van der Waals surface area contributed by atoms with E-state index < -0.39 is 10.9 Å².